The van der Waals surface area contributed by atoms with Gasteiger partial charge in [0.25, 0.3) is 0 Å². The summed E-state index contributed by atoms with van der Waals surface area (Å²) in [6.45, 7) is 5.16. The van der Waals surface area contributed by atoms with Crippen molar-refractivity contribution in [2.75, 3.05) is 0 Å². The van der Waals surface area contributed by atoms with Gasteiger partial charge in [0, 0.05) is 43.0 Å². The lowest BCUT2D eigenvalue weighted by molar-refractivity contribution is -0.133. The SMILES string of the molecule is CC(C)N(Cc1ccccc1Cl)C(=O)CCn1cccn1. The molecule has 5 heteroatoms. The van der Waals surface area contributed by atoms with Crippen molar-refractivity contribution in [3.05, 3.63) is 53.3 Å². The van der Waals surface area contributed by atoms with Crippen LogP contribution in [0.3, 0.4) is 0 Å². The van der Waals surface area contributed by atoms with E-state index in [4.69, 9.17) is 11.6 Å². The van der Waals surface area contributed by atoms with E-state index in [0.717, 1.165) is 5.56 Å². The van der Waals surface area contributed by atoms with Gasteiger partial charge < -0.3 is 4.90 Å². The standard InChI is InChI=1S/C16H20ClN3O/c1-13(2)20(12-14-6-3-4-7-15(14)17)16(21)8-11-19-10-5-9-18-19/h3-7,9-10,13H,8,11-12H2,1-2H3. The van der Waals surface area contributed by atoms with Gasteiger partial charge in [0.2, 0.25) is 5.91 Å². The molecule has 0 aliphatic rings. The number of rotatable bonds is 6. The van der Waals surface area contributed by atoms with Gasteiger partial charge in [-0.05, 0) is 31.5 Å². The largest absolute Gasteiger partial charge is 0.336 e. The number of nitrogens with zero attached hydrogens (tertiary/aromatic N) is 3. The minimum atomic E-state index is 0.111. The van der Waals surface area contributed by atoms with E-state index in [-0.39, 0.29) is 11.9 Å². The zero-order chi connectivity index (χ0) is 15.2. The number of aromatic nitrogens is 2. The summed E-state index contributed by atoms with van der Waals surface area (Å²) in [6, 6.07) is 9.63. The van der Waals surface area contributed by atoms with Gasteiger partial charge in [-0.15, -0.1) is 0 Å². The third-order valence-electron chi connectivity index (χ3n) is 3.36. The molecule has 0 atom stereocenters. The molecule has 1 heterocycles. The van der Waals surface area contributed by atoms with Crippen molar-refractivity contribution in [2.24, 2.45) is 0 Å². The van der Waals surface area contributed by atoms with Crippen molar-refractivity contribution in [3.8, 4) is 0 Å². The predicted molar refractivity (Wildman–Crippen MR) is 84.0 cm³/mol. The number of carbonyl (C=O) groups excluding carboxylic acids is 1. The van der Waals surface area contributed by atoms with Crippen LogP contribution >= 0.6 is 11.6 Å². The Labute approximate surface area is 130 Å². The lowest BCUT2D eigenvalue weighted by Crippen LogP contribution is -2.36. The molecule has 0 unspecified atom stereocenters. The summed E-state index contributed by atoms with van der Waals surface area (Å²) in [7, 11) is 0. The van der Waals surface area contributed by atoms with Crippen molar-refractivity contribution in [1.29, 1.82) is 0 Å². The Bertz CT molecular complexity index is 581. The molecule has 2 rings (SSSR count). The van der Waals surface area contributed by atoms with Crippen LogP contribution < -0.4 is 0 Å². The third-order valence-corrected chi connectivity index (χ3v) is 3.72. The van der Waals surface area contributed by atoms with Crippen LogP contribution in [-0.4, -0.2) is 26.6 Å². The highest BCUT2D eigenvalue weighted by Gasteiger charge is 2.18. The van der Waals surface area contributed by atoms with Crippen LogP contribution in [0.15, 0.2) is 42.7 Å². The van der Waals surface area contributed by atoms with Crippen LogP contribution in [0.25, 0.3) is 0 Å². The van der Waals surface area contributed by atoms with Crippen LogP contribution in [0.4, 0.5) is 0 Å². The zero-order valence-electron chi connectivity index (χ0n) is 12.4. The summed E-state index contributed by atoms with van der Waals surface area (Å²) in [5, 5.41) is 4.81. The molecular weight excluding hydrogens is 286 g/mol. The summed E-state index contributed by atoms with van der Waals surface area (Å²) in [6.07, 6.45) is 4.01. The van der Waals surface area contributed by atoms with Gasteiger partial charge in [-0.1, -0.05) is 29.8 Å². The van der Waals surface area contributed by atoms with E-state index in [1.807, 2.05) is 55.3 Å². The minimum absolute atomic E-state index is 0.111. The molecule has 0 spiro atoms. The molecule has 0 bridgehead atoms. The van der Waals surface area contributed by atoms with Crippen LogP contribution in [0.1, 0.15) is 25.8 Å². The maximum Gasteiger partial charge on any atom is 0.224 e. The topological polar surface area (TPSA) is 38.1 Å². The first-order chi connectivity index (χ1) is 10.1. The lowest BCUT2D eigenvalue weighted by Gasteiger charge is -2.27. The Kier molecular flexibility index (Phi) is 5.39. The zero-order valence-corrected chi connectivity index (χ0v) is 13.1. The van der Waals surface area contributed by atoms with Crippen molar-refractivity contribution in [2.45, 2.75) is 39.4 Å². The number of amides is 1. The first kappa shape index (κ1) is 15.6. The quantitative estimate of drug-likeness (QED) is 0.820. The van der Waals surface area contributed by atoms with Gasteiger partial charge in [-0.2, -0.15) is 5.10 Å². The van der Waals surface area contributed by atoms with E-state index in [1.165, 1.54) is 0 Å². The van der Waals surface area contributed by atoms with E-state index >= 15 is 0 Å². The first-order valence-electron chi connectivity index (χ1n) is 7.08. The van der Waals surface area contributed by atoms with Crippen LogP contribution in [0.5, 0.6) is 0 Å². The highest BCUT2D eigenvalue weighted by Crippen LogP contribution is 2.18. The molecule has 1 amide bonds. The molecule has 0 fully saturated rings. The third kappa shape index (κ3) is 4.33. The average Bonchev–Trinajstić information content (AvgIpc) is 2.97. The summed E-state index contributed by atoms with van der Waals surface area (Å²) in [4.78, 5) is 14.3. The van der Waals surface area contributed by atoms with Gasteiger partial charge in [-0.25, -0.2) is 0 Å². The molecule has 1 aromatic heterocycles. The van der Waals surface area contributed by atoms with E-state index in [9.17, 15) is 4.79 Å². The molecule has 0 saturated carbocycles. The van der Waals surface area contributed by atoms with Crippen molar-refractivity contribution >= 4 is 17.5 Å². The maximum absolute atomic E-state index is 12.4. The van der Waals surface area contributed by atoms with Gasteiger partial charge >= 0.3 is 0 Å². The fourth-order valence-corrected chi connectivity index (χ4v) is 2.35. The average molecular weight is 306 g/mol. The second kappa shape index (κ2) is 7.27. The van der Waals surface area contributed by atoms with E-state index in [2.05, 4.69) is 5.10 Å². The Morgan fingerprint density at radius 2 is 2.10 bits per heavy atom. The number of benzene rings is 1. The number of hydrogen-bond donors (Lipinski definition) is 0. The molecule has 0 aliphatic carbocycles. The summed E-state index contributed by atoms with van der Waals surface area (Å²) >= 11 is 6.18. The van der Waals surface area contributed by atoms with Gasteiger partial charge in [0.15, 0.2) is 0 Å². The van der Waals surface area contributed by atoms with Crippen LogP contribution in [-0.2, 0) is 17.9 Å². The summed E-state index contributed by atoms with van der Waals surface area (Å²) < 4.78 is 1.77. The fourth-order valence-electron chi connectivity index (χ4n) is 2.16. The van der Waals surface area contributed by atoms with Crippen molar-refractivity contribution in [3.63, 3.8) is 0 Å². The molecule has 0 N–H and O–H groups in total. The number of carbonyl (C=O) groups is 1. The Hall–Kier alpha value is -1.81. The van der Waals surface area contributed by atoms with Crippen molar-refractivity contribution in [1.82, 2.24) is 14.7 Å². The summed E-state index contributed by atoms with van der Waals surface area (Å²) in [5.74, 6) is 0.111. The molecule has 0 saturated heterocycles. The first-order valence-corrected chi connectivity index (χ1v) is 7.46. The number of hydrogen-bond acceptors (Lipinski definition) is 2. The van der Waals surface area contributed by atoms with Crippen LogP contribution in [0, 0.1) is 0 Å². The predicted octanol–water partition coefficient (Wildman–Crippen LogP) is 3.36. The number of aryl methyl sites for hydroxylation is 1. The monoisotopic (exact) mass is 305 g/mol. The summed E-state index contributed by atoms with van der Waals surface area (Å²) in [5.41, 5.74) is 0.973. The van der Waals surface area contributed by atoms with Crippen LogP contribution in [0.2, 0.25) is 5.02 Å². The van der Waals surface area contributed by atoms with Gasteiger partial charge in [-0.3, -0.25) is 9.48 Å². The number of halogens is 1. The second-order valence-electron chi connectivity index (χ2n) is 5.23. The smallest absolute Gasteiger partial charge is 0.224 e. The second-order valence-corrected chi connectivity index (χ2v) is 5.63. The van der Waals surface area contributed by atoms with E-state index in [1.54, 1.807) is 10.9 Å². The fraction of sp³-hybridized carbons (Fsp3) is 0.375. The molecular formula is C16H20ClN3O. The minimum Gasteiger partial charge on any atom is -0.336 e. The Balaban J connectivity index is 2.01. The molecule has 2 aromatic rings. The molecule has 21 heavy (non-hydrogen) atoms. The molecule has 0 radical (unpaired) electrons. The highest BCUT2D eigenvalue weighted by molar-refractivity contribution is 6.31. The Morgan fingerprint density at radius 1 is 1.33 bits per heavy atom. The van der Waals surface area contributed by atoms with E-state index in [0.29, 0.717) is 24.5 Å². The lowest BCUT2D eigenvalue weighted by atomic mass is 10.1. The molecule has 112 valence electrons. The molecule has 4 nitrogen and oxygen atoms in total. The van der Waals surface area contributed by atoms with Gasteiger partial charge in [0.1, 0.15) is 0 Å². The van der Waals surface area contributed by atoms with E-state index < -0.39 is 0 Å². The molecule has 1 aromatic carbocycles. The normalized spacial score (nSPS) is 10.9. The van der Waals surface area contributed by atoms with Gasteiger partial charge in [0.05, 0.1) is 0 Å². The highest BCUT2D eigenvalue weighted by atomic mass is 35.5. The maximum atomic E-state index is 12.4. The Morgan fingerprint density at radius 3 is 2.71 bits per heavy atom. The molecule has 0 aliphatic heterocycles. The van der Waals surface area contributed by atoms with Crippen molar-refractivity contribution < 1.29 is 4.79 Å².